The van der Waals surface area contributed by atoms with Gasteiger partial charge in [-0.3, -0.25) is 9.59 Å². The predicted molar refractivity (Wildman–Crippen MR) is 101 cm³/mol. The van der Waals surface area contributed by atoms with E-state index in [0.29, 0.717) is 22.4 Å². The summed E-state index contributed by atoms with van der Waals surface area (Å²) in [7, 11) is 0. The number of benzene rings is 1. The number of halogens is 1. The van der Waals surface area contributed by atoms with Gasteiger partial charge in [0.1, 0.15) is 10.2 Å². The maximum Gasteiger partial charge on any atom is 0.283 e. The highest BCUT2D eigenvalue weighted by atomic mass is 79.9. The summed E-state index contributed by atoms with van der Waals surface area (Å²) in [5.74, 6) is -0.174. The fraction of sp³-hybridized carbons (Fsp3) is 0.278. The summed E-state index contributed by atoms with van der Waals surface area (Å²) in [6, 6.07) is 10.1. The van der Waals surface area contributed by atoms with E-state index in [1.165, 1.54) is 21.9 Å². The van der Waals surface area contributed by atoms with E-state index in [0.717, 1.165) is 12.8 Å². The van der Waals surface area contributed by atoms with Gasteiger partial charge in [0.05, 0.1) is 11.9 Å². The van der Waals surface area contributed by atoms with Gasteiger partial charge in [-0.05, 0) is 41.3 Å². The van der Waals surface area contributed by atoms with Gasteiger partial charge in [-0.1, -0.05) is 35.5 Å². The molecule has 0 aliphatic heterocycles. The Bertz CT molecular complexity index is 995. The van der Waals surface area contributed by atoms with Crippen molar-refractivity contribution in [3.05, 3.63) is 68.3 Å². The summed E-state index contributed by atoms with van der Waals surface area (Å²) < 4.78 is 3.22. The zero-order valence-corrected chi connectivity index (χ0v) is 16.1. The Morgan fingerprint density at radius 3 is 2.62 bits per heavy atom. The largest absolute Gasteiger partial charge is 0.293 e. The molecule has 0 aliphatic carbocycles. The van der Waals surface area contributed by atoms with Gasteiger partial charge < -0.3 is 0 Å². The van der Waals surface area contributed by atoms with Crippen molar-refractivity contribution in [2.75, 3.05) is 0 Å². The molecule has 0 N–H and O–H groups in total. The van der Waals surface area contributed by atoms with E-state index in [9.17, 15) is 9.59 Å². The van der Waals surface area contributed by atoms with E-state index in [2.05, 4.69) is 43.5 Å². The molecule has 3 rings (SSSR count). The van der Waals surface area contributed by atoms with Crippen molar-refractivity contribution in [2.24, 2.45) is 0 Å². The second-order valence-corrected chi connectivity index (χ2v) is 6.75. The second-order valence-electron chi connectivity index (χ2n) is 5.95. The Kier molecular flexibility index (Phi) is 5.41. The minimum atomic E-state index is -0.241. The highest BCUT2D eigenvalue weighted by molar-refractivity contribution is 9.10. The molecule has 0 fully saturated rings. The maximum atomic E-state index is 12.6. The molecule has 134 valence electrons. The number of hydrogen-bond donors (Lipinski definition) is 0. The molecular weight excluding hydrogens is 398 g/mol. The molecule has 0 bridgehead atoms. The number of rotatable bonds is 6. The topological polar surface area (TPSA) is 82.7 Å². The Hall–Kier alpha value is -2.61. The Morgan fingerprint density at radius 1 is 1.23 bits per heavy atom. The highest BCUT2D eigenvalue weighted by Crippen LogP contribution is 2.18. The lowest BCUT2D eigenvalue weighted by Gasteiger charge is -2.09. The molecule has 2 heterocycles. The Labute approximate surface area is 158 Å². The first-order valence-electron chi connectivity index (χ1n) is 8.22. The van der Waals surface area contributed by atoms with Crippen LogP contribution >= 0.6 is 15.9 Å². The molecule has 8 heteroatoms. The molecule has 0 amide bonds. The van der Waals surface area contributed by atoms with Crippen molar-refractivity contribution >= 4 is 21.7 Å². The van der Waals surface area contributed by atoms with E-state index in [4.69, 9.17) is 0 Å². The lowest BCUT2D eigenvalue weighted by atomic mass is 10.1. The molecule has 26 heavy (non-hydrogen) atoms. The van der Waals surface area contributed by atoms with Crippen molar-refractivity contribution in [2.45, 2.75) is 33.2 Å². The molecule has 0 atom stereocenters. The van der Waals surface area contributed by atoms with Gasteiger partial charge in [0.25, 0.3) is 5.56 Å². The van der Waals surface area contributed by atoms with Crippen LogP contribution < -0.4 is 5.56 Å². The lowest BCUT2D eigenvalue weighted by molar-refractivity contribution is 0.101. The average Bonchev–Trinajstić information content (AvgIpc) is 3.01. The third-order valence-corrected chi connectivity index (χ3v) is 4.85. The lowest BCUT2D eigenvalue weighted by Crippen LogP contribution is -2.25. The normalized spacial score (nSPS) is 10.9. The zero-order valence-electron chi connectivity index (χ0n) is 14.5. The molecule has 0 aliphatic rings. The van der Waals surface area contributed by atoms with Crippen molar-refractivity contribution in [1.29, 1.82) is 0 Å². The SMILES string of the molecule is CC(=O)c1nnn(-c2cnn(CCCc3ccccc3)c(=O)c2Br)c1C. The number of aromatic nitrogens is 5. The Morgan fingerprint density at radius 2 is 1.96 bits per heavy atom. The smallest absolute Gasteiger partial charge is 0.283 e. The monoisotopic (exact) mass is 415 g/mol. The molecule has 1 aromatic carbocycles. The van der Waals surface area contributed by atoms with Gasteiger partial charge in [-0.15, -0.1) is 5.10 Å². The molecular formula is C18H18BrN5O2. The first-order valence-corrected chi connectivity index (χ1v) is 9.01. The van der Waals surface area contributed by atoms with Crippen LogP contribution in [0.2, 0.25) is 0 Å². The van der Waals surface area contributed by atoms with Gasteiger partial charge in [0.15, 0.2) is 11.5 Å². The van der Waals surface area contributed by atoms with Crippen LogP contribution in [0, 0.1) is 6.92 Å². The van der Waals surface area contributed by atoms with Crippen LogP contribution in [0.4, 0.5) is 0 Å². The van der Waals surface area contributed by atoms with Crippen molar-refractivity contribution in [3.63, 3.8) is 0 Å². The first-order chi connectivity index (χ1) is 12.5. The summed E-state index contributed by atoms with van der Waals surface area (Å²) in [6.07, 6.45) is 3.23. The Balaban J connectivity index is 1.81. The molecule has 0 radical (unpaired) electrons. The summed E-state index contributed by atoms with van der Waals surface area (Å²) in [6.45, 7) is 3.68. The number of carbonyl (C=O) groups is 1. The van der Waals surface area contributed by atoms with Gasteiger partial charge in [0, 0.05) is 13.5 Å². The van der Waals surface area contributed by atoms with Crippen LogP contribution in [-0.2, 0) is 13.0 Å². The number of Topliss-reactive ketones (excluding diaryl/α,β-unsaturated/α-hetero) is 1. The minimum absolute atomic E-state index is 0.174. The third kappa shape index (κ3) is 3.65. The van der Waals surface area contributed by atoms with E-state index in [-0.39, 0.29) is 17.0 Å². The summed E-state index contributed by atoms with van der Waals surface area (Å²) >= 11 is 3.34. The number of ketones is 1. The predicted octanol–water partition coefficient (Wildman–Crippen LogP) is 2.73. The van der Waals surface area contributed by atoms with Crippen LogP contribution in [0.15, 0.2) is 45.8 Å². The summed E-state index contributed by atoms with van der Waals surface area (Å²) in [4.78, 5) is 24.1. The molecule has 2 aromatic heterocycles. The number of hydrogen-bond acceptors (Lipinski definition) is 5. The van der Waals surface area contributed by atoms with Crippen molar-refractivity contribution in [1.82, 2.24) is 24.8 Å². The summed E-state index contributed by atoms with van der Waals surface area (Å²) in [5, 5.41) is 12.1. The van der Waals surface area contributed by atoms with E-state index < -0.39 is 0 Å². The molecule has 0 unspecified atom stereocenters. The molecule has 0 saturated carbocycles. The maximum absolute atomic E-state index is 12.6. The van der Waals surface area contributed by atoms with Crippen LogP contribution in [0.3, 0.4) is 0 Å². The van der Waals surface area contributed by atoms with Crippen molar-refractivity contribution in [3.8, 4) is 5.69 Å². The molecule has 7 nitrogen and oxygen atoms in total. The molecule has 0 spiro atoms. The fourth-order valence-corrected chi connectivity index (χ4v) is 3.20. The van der Waals surface area contributed by atoms with Crippen molar-refractivity contribution < 1.29 is 4.79 Å². The molecule has 0 saturated heterocycles. The van der Waals surface area contributed by atoms with Crippen LogP contribution in [-0.4, -0.2) is 30.6 Å². The van der Waals surface area contributed by atoms with Gasteiger partial charge in [0.2, 0.25) is 0 Å². The number of nitrogens with zero attached hydrogens (tertiary/aromatic N) is 5. The highest BCUT2D eigenvalue weighted by Gasteiger charge is 2.18. The van der Waals surface area contributed by atoms with Crippen LogP contribution in [0.1, 0.15) is 35.1 Å². The quantitative estimate of drug-likeness (QED) is 0.577. The van der Waals surface area contributed by atoms with E-state index >= 15 is 0 Å². The van der Waals surface area contributed by atoms with Gasteiger partial charge in [-0.25, -0.2) is 9.36 Å². The minimum Gasteiger partial charge on any atom is -0.293 e. The van der Waals surface area contributed by atoms with Crippen LogP contribution in [0.5, 0.6) is 0 Å². The van der Waals surface area contributed by atoms with Gasteiger partial charge >= 0.3 is 0 Å². The van der Waals surface area contributed by atoms with E-state index in [1.807, 2.05) is 18.2 Å². The average molecular weight is 416 g/mol. The summed E-state index contributed by atoms with van der Waals surface area (Å²) in [5.41, 5.74) is 2.30. The van der Waals surface area contributed by atoms with Crippen LogP contribution in [0.25, 0.3) is 5.69 Å². The van der Waals surface area contributed by atoms with Gasteiger partial charge in [-0.2, -0.15) is 5.10 Å². The third-order valence-electron chi connectivity index (χ3n) is 4.10. The van der Waals surface area contributed by atoms with E-state index in [1.54, 1.807) is 13.1 Å². The molecule has 3 aromatic rings. The first kappa shape index (κ1) is 18.2. The fourth-order valence-electron chi connectivity index (χ4n) is 2.72. The standard InChI is InChI=1S/C18H18BrN5O2/c1-12-17(13(2)25)21-22-24(12)15-11-20-23(18(26)16(15)19)10-6-9-14-7-4-3-5-8-14/h3-5,7-8,11H,6,9-10H2,1-2H3. The number of carbonyl (C=O) groups excluding carboxylic acids is 1. The second kappa shape index (κ2) is 7.74. The number of aryl methyl sites for hydroxylation is 2. The zero-order chi connectivity index (χ0) is 18.7.